The maximum absolute atomic E-state index is 11.5. The molecule has 1 aliphatic carbocycles. The van der Waals surface area contributed by atoms with Crippen LogP contribution in [0.5, 0.6) is 0 Å². The van der Waals surface area contributed by atoms with Crippen molar-refractivity contribution in [1.29, 1.82) is 0 Å². The lowest BCUT2D eigenvalue weighted by molar-refractivity contribution is -0.126. The van der Waals surface area contributed by atoms with E-state index in [9.17, 15) is 4.79 Å². The molecule has 3 N–H and O–H groups in total. The van der Waals surface area contributed by atoms with E-state index in [2.05, 4.69) is 28.0 Å². The molecule has 1 amide bonds. The van der Waals surface area contributed by atoms with Crippen LogP contribution in [0.25, 0.3) is 10.1 Å². The first kappa shape index (κ1) is 12.6. The van der Waals surface area contributed by atoms with Crippen molar-refractivity contribution in [2.24, 2.45) is 11.8 Å². The number of benzene rings is 1. The summed E-state index contributed by atoms with van der Waals surface area (Å²) in [6, 6.07) is 8.37. The van der Waals surface area contributed by atoms with Gasteiger partial charge in [-0.3, -0.25) is 10.2 Å². The van der Waals surface area contributed by atoms with Crippen molar-refractivity contribution in [1.82, 2.24) is 9.80 Å². The van der Waals surface area contributed by atoms with E-state index < -0.39 is 0 Å². The van der Waals surface area contributed by atoms with E-state index in [1.807, 2.05) is 6.07 Å². The molecule has 1 aliphatic rings. The Labute approximate surface area is 116 Å². The van der Waals surface area contributed by atoms with Crippen molar-refractivity contribution in [3.8, 4) is 0 Å². The minimum atomic E-state index is -0.0263. The zero-order valence-corrected chi connectivity index (χ0v) is 11.5. The third-order valence-corrected chi connectivity index (χ3v) is 4.87. The van der Waals surface area contributed by atoms with Crippen molar-refractivity contribution in [3.63, 3.8) is 0 Å². The van der Waals surface area contributed by atoms with Gasteiger partial charge in [0, 0.05) is 17.2 Å². The van der Waals surface area contributed by atoms with Crippen molar-refractivity contribution in [2.45, 2.75) is 31.6 Å². The number of hydrazine groups is 1. The summed E-state index contributed by atoms with van der Waals surface area (Å²) in [5, 5.41) is 1.28. The Morgan fingerprint density at radius 1 is 1.26 bits per heavy atom. The van der Waals surface area contributed by atoms with Crippen LogP contribution < -0.4 is 11.3 Å². The molecular formula is C14H17N3OS. The minimum Gasteiger partial charge on any atom is -0.294 e. The Bertz CT molecular complexity index is 587. The molecule has 4 nitrogen and oxygen atoms in total. The number of nitrogens with one attached hydrogen (secondary N) is 1. The number of fused-ring (bicyclic) bond motifs is 1. The highest BCUT2D eigenvalue weighted by molar-refractivity contribution is 7.13. The summed E-state index contributed by atoms with van der Waals surface area (Å²) in [4.78, 5) is 11.5. The van der Waals surface area contributed by atoms with Gasteiger partial charge in [-0.2, -0.15) is 4.37 Å². The molecule has 1 fully saturated rings. The fourth-order valence-corrected chi connectivity index (χ4v) is 3.80. The first-order valence-corrected chi connectivity index (χ1v) is 7.41. The molecule has 3 rings (SSSR count). The number of nitrogens with zero attached hydrogens (tertiary/aromatic N) is 1. The number of amides is 1. The molecule has 0 radical (unpaired) electrons. The quantitative estimate of drug-likeness (QED) is 0.503. The van der Waals surface area contributed by atoms with Crippen LogP contribution in [-0.2, 0) is 4.79 Å². The van der Waals surface area contributed by atoms with E-state index in [0.29, 0.717) is 5.92 Å². The molecule has 1 aromatic heterocycles. The van der Waals surface area contributed by atoms with Gasteiger partial charge in [0.1, 0.15) is 0 Å². The molecule has 2 aromatic rings. The molecule has 1 saturated carbocycles. The van der Waals surface area contributed by atoms with E-state index >= 15 is 0 Å². The zero-order valence-electron chi connectivity index (χ0n) is 10.6. The molecule has 0 bridgehead atoms. The van der Waals surface area contributed by atoms with Gasteiger partial charge in [0.15, 0.2) is 0 Å². The van der Waals surface area contributed by atoms with Crippen molar-refractivity contribution >= 4 is 27.5 Å². The number of rotatable bonds is 2. The SMILES string of the molecule is NNC(=O)[C@H]1CC[C@H](c2nsc3ccccc32)CC1. The third kappa shape index (κ3) is 2.35. The van der Waals surface area contributed by atoms with Crippen LogP contribution in [0.3, 0.4) is 0 Å². The second-order valence-electron chi connectivity index (χ2n) is 5.12. The van der Waals surface area contributed by atoms with Crippen molar-refractivity contribution in [2.75, 3.05) is 0 Å². The van der Waals surface area contributed by atoms with E-state index in [1.54, 1.807) is 11.5 Å². The van der Waals surface area contributed by atoms with Gasteiger partial charge >= 0.3 is 0 Å². The number of carbonyl (C=O) groups is 1. The Balaban J connectivity index is 1.77. The Morgan fingerprint density at radius 2 is 2.00 bits per heavy atom. The Hall–Kier alpha value is -1.46. The van der Waals surface area contributed by atoms with Crippen LogP contribution in [0.1, 0.15) is 37.3 Å². The van der Waals surface area contributed by atoms with Gasteiger partial charge in [0.2, 0.25) is 5.91 Å². The van der Waals surface area contributed by atoms with Gasteiger partial charge in [0.05, 0.1) is 10.4 Å². The zero-order chi connectivity index (χ0) is 13.2. The average molecular weight is 275 g/mol. The lowest BCUT2D eigenvalue weighted by atomic mass is 9.79. The summed E-state index contributed by atoms with van der Waals surface area (Å²) in [5.74, 6) is 5.73. The molecule has 5 heteroatoms. The summed E-state index contributed by atoms with van der Waals surface area (Å²) in [5.41, 5.74) is 3.48. The number of carbonyl (C=O) groups excluding carboxylic acids is 1. The first-order valence-electron chi connectivity index (χ1n) is 6.64. The number of hydrogen-bond donors (Lipinski definition) is 2. The highest BCUT2D eigenvalue weighted by Gasteiger charge is 2.28. The molecule has 0 aliphatic heterocycles. The standard InChI is InChI=1S/C14H17N3OS/c15-16-14(18)10-7-5-9(6-8-10)13-11-3-1-2-4-12(11)19-17-13/h1-4,9-10H,5-8,15H2,(H,16,18)/t9-,10-. The highest BCUT2D eigenvalue weighted by Crippen LogP contribution is 2.39. The summed E-state index contributed by atoms with van der Waals surface area (Å²) in [6.07, 6.45) is 3.84. The van der Waals surface area contributed by atoms with Crippen LogP contribution in [0.15, 0.2) is 24.3 Å². The van der Waals surface area contributed by atoms with Gasteiger partial charge in [-0.25, -0.2) is 5.84 Å². The fraction of sp³-hybridized carbons (Fsp3) is 0.429. The molecule has 19 heavy (non-hydrogen) atoms. The molecule has 0 saturated heterocycles. The monoisotopic (exact) mass is 275 g/mol. The van der Waals surface area contributed by atoms with Crippen molar-refractivity contribution < 1.29 is 4.79 Å². The van der Waals surface area contributed by atoms with E-state index in [0.717, 1.165) is 25.7 Å². The lowest BCUT2D eigenvalue weighted by Crippen LogP contribution is -2.37. The smallest absolute Gasteiger partial charge is 0.236 e. The van der Waals surface area contributed by atoms with Gasteiger partial charge in [0.25, 0.3) is 0 Å². The molecule has 1 aromatic carbocycles. The number of aromatic nitrogens is 1. The molecule has 1 heterocycles. The topological polar surface area (TPSA) is 68.0 Å². The molecule has 0 atom stereocenters. The maximum Gasteiger partial charge on any atom is 0.236 e. The van der Waals surface area contributed by atoms with E-state index in [-0.39, 0.29) is 11.8 Å². The Morgan fingerprint density at radius 3 is 2.74 bits per heavy atom. The highest BCUT2D eigenvalue weighted by atomic mass is 32.1. The summed E-state index contributed by atoms with van der Waals surface area (Å²) < 4.78 is 5.87. The van der Waals surface area contributed by atoms with Crippen molar-refractivity contribution in [3.05, 3.63) is 30.0 Å². The molecule has 0 unspecified atom stereocenters. The lowest BCUT2D eigenvalue weighted by Gasteiger charge is -2.26. The van der Waals surface area contributed by atoms with Gasteiger partial charge in [-0.05, 0) is 43.3 Å². The van der Waals surface area contributed by atoms with Gasteiger partial charge < -0.3 is 0 Å². The molecule has 100 valence electrons. The predicted octanol–water partition coefficient (Wildman–Crippen LogP) is 2.56. The van der Waals surface area contributed by atoms with Crippen LogP contribution in [-0.4, -0.2) is 10.3 Å². The summed E-state index contributed by atoms with van der Waals surface area (Å²) in [6.45, 7) is 0. The Kier molecular flexibility index (Phi) is 3.48. The van der Waals surface area contributed by atoms with Gasteiger partial charge in [-0.1, -0.05) is 18.2 Å². The third-order valence-electron chi connectivity index (χ3n) is 4.03. The number of hydrogen-bond acceptors (Lipinski definition) is 4. The minimum absolute atomic E-state index is 0.0263. The van der Waals surface area contributed by atoms with Crippen LogP contribution in [0, 0.1) is 5.92 Å². The second kappa shape index (κ2) is 5.27. The first-order chi connectivity index (χ1) is 9.29. The number of nitrogens with two attached hydrogens (primary N) is 1. The van der Waals surface area contributed by atoms with Gasteiger partial charge in [-0.15, -0.1) is 0 Å². The van der Waals surface area contributed by atoms with E-state index in [1.165, 1.54) is 15.8 Å². The fourth-order valence-electron chi connectivity index (χ4n) is 2.95. The predicted molar refractivity (Wildman–Crippen MR) is 76.6 cm³/mol. The average Bonchev–Trinajstić information content (AvgIpc) is 2.90. The second-order valence-corrected chi connectivity index (χ2v) is 5.93. The maximum atomic E-state index is 11.5. The largest absolute Gasteiger partial charge is 0.294 e. The van der Waals surface area contributed by atoms with Crippen LogP contribution in [0.2, 0.25) is 0 Å². The normalized spacial score (nSPS) is 23.4. The summed E-state index contributed by atoms with van der Waals surface area (Å²) in [7, 11) is 0. The van der Waals surface area contributed by atoms with Crippen LogP contribution in [0.4, 0.5) is 0 Å². The van der Waals surface area contributed by atoms with Crippen LogP contribution >= 0.6 is 11.5 Å². The van der Waals surface area contributed by atoms with E-state index in [4.69, 9.17) is 5.84 Å². The summed E-state index contributed by atoms with van der Waals surface area (Å²) >= 11 is 1.57. The molecular weight excluding hydrogens is 258 g/mol. The molecule has 0 spiro atoms.